The number of nitrogens with two attached hydrogens (primary N) is 1. The number of nitrogen functional groups attached to an aromatic ring is 1. The van der Waals surface area contributed by atoms with Crippen molar-refractivity contribution in [3.05, 3.63) is 42.2 Å². The SMILES string of the molecule is Cl.Cn1ccc(C(=O)Nc2cccc(N)c2)n1. The van der Waals surface area contributed by atoms with Crippen LogP contribution in [0.5, 0.6) is 0 Å². The molecule has 1 heterocycles. The number of aryl methyl sites for hydroxylation is 1. The van der Waals surface area contributed by atoms with Crippen LogP contribution in [-0.4, -0.2) is 15.7 Å². The molecule has 0 aliphatic carbocycles. The smallest absolute Gasteiger partial charge is 0.276 e. The second-order valence-corrected chi connectivity index (χ2v) is 3.45. The van der Waals surface area contributed by atoms with Crippen LogP contribution < -0.4 is 11.1 Å². The van der Waals surface area contributed by atoms with Gasteiger partial charge in [-0.3, -0.25) is 9.48 Å². The van der Waals surface area contributed by atoms with Crippen molar-refractivity contribution >= 4 is 29.7 Å². The van der Waals surface area contributed by atoms with Crippen molar-refractivity contribution < 1.29 is 4.79 Å². The van der Waals surface area contributed by atoms with Crippen molar-refractivity contribution in [2.45, 2.75) is 0 Å². The molecule has 0 aliphatic heterocycles. The molecule has 0 aliphatic rings. The average Bonchev–Trinajstić information content (AvgIpc) is 2.65. The van der Waals surface area contributed by atoms with Gasteiger partial charge in [0, 0.05) is 24.6 Å². The van der Waals surface area contributed by atoms with Crippen LogP contribution >= 0.6 is 12.4 Å². The molecule has 1 aromatic carbocycles. The van der Waals surface area contributed by atoms with E-state index in [9.17, 15) is 4.79 Å². The molecule has 5 nitrogen and oxygen atoms in total. The van der Waals surface area contributed by atoms with Crippen molar-refractivity contribution in [1.29, 1.82) is 0 Å². The van der Waals surface area contributed by atoms with Crippen LogP contribution in [0.25, 0.3) is 0 Å². The largest absolute Gasteiger partial charge is 0.399 e. The zero-order chi connectivity index (χ0) is 11.5. The number of carbonyl (C=O) groups excluding carboxylic acids is 1. The van der Waals surface area contributed by atoms with E-state index in [2.05, 4.69) is 10.4 Å². The van der Waals surface area contributed by atoms with E-state index >= 15 is 0 Å². The highest BCUT2D eigenvalue weighted by Crippen LogP contribution is 2.12. The highest BCUT2D eigenvalue weighted by Gasteiger charge is 2.08. The van der Waals surface area contributed by atoms with Gasteiger partial charge in [0.15, 0.2) is 5.69 Å². The van der Waals surface area contributed by atoms with Crippen molar-refractivity contribution in [3.63, 3.8) is 0 Å². The first-order valence-corrected chi connectivity index (χ1v) is 4.82. The zero-order valence-corrected chi connectivity index (χ0v) is 10.1. The highest BCUT2D eigenvalue weighted by molar-refractivity contribution is 6.02. The number of nitrogens with one attached hydrogen (secondary N) is 1. The molecular formula is C11H13ClN4O. The molecule has 0 atom stereocenters. The van der Waals surface area contributed by atoms with E-state index in [1.54, 1.807) is 48.3 Å². The van der Waals surface area contributed by atoms with Gasteiger partial charge in [-0.25, -0.2) is 0 Å². The molecule has 3 N–H and O–H groups in total. The van der Waals surface area contributed by atoms with Crippen LogP contribution in [0.3, 0.4) is 0 Å². The summed E-state index contributed by atoms with van der Waals surface area (Å²) < 4.78 is 1.58. The fourth-order valence-electron chi connectivity index (χ4n) is 1.35. The number of aromatic nitrogens is 2. The van der Waals surface area contributed by atoms with E-state index in [4.69, 9.17) is 5.73 Å². The van der Waals surface area contributed by atoms with E-state index in [0.717, 1.165) is 0 Å². The number of anilines is 2. The normalized spacial score (nSPS) is 9.47. The van der Waals surface area contributed by atoms with E-state index in [1.165, 1.54) is 0 Å². The maximum Gasteiger partial charge on any atom is 0.276 e. The van der Waals surface area contributed by atoms with Crippen LogP contribution in [0.4, 0.5) is 11.4 Å². The van der Waals surface area contributed by atoms with E-state index in [-0.39, 0.29) is 18.3 Å². The molecule has 0 radical (unpaired) electrons. The highest BCUT2D eigenvalue weighted by atomic mass is 35.5. The quantitative estimate of drug-likeness (QED) is 0.799. The fourth-order valence-corrected chi connectivity index (χ4v) is 1.35. The number of rotatable bonds is 2. The van der Waals surface area contributed by atoms with Crippen molar-refractivity contribution in [2.75, 3.05) is 11.1 Å². The first-order valence-electron chi connectivity index (χ1n) is 4.82. The van der Waals surface area contributed by atoms with Gasteiger partial charge in [0.2, 0.25) is 0 Å². The maximum atomic E-state index is 11.7. The van der Waals surface area contributed by atoms with Gasteiger partial charge < -0.3 is 11.1 Å². The Morgan fingerprint density at radius 1 is 1.41 bits per heavy atom. The Morgan fingerprint density at radius 2 is 2.18 bits per heavy atom. The van der Waals surface area contributed by atoms with Crippen LogP contribution in [0, 0.1) is 0 Å². The minimum atomic E-state index is -0.244. The van der Waals surface area contributed by atoms with E-state index in [0.29, 0.717) is 17.1 Å². The first kappa shape index (κ1) is 13.1. The summed E-state index contributed by atoms with van der Waals surface area (Å²) in [5.41, 5.74) is 7.26. The van der Waals surface area contributed by atoms with Crippen molar-refractivity contribution in [1.82, 2.24) is 9.78 Å². The third-order valence-electron chi connectivity index (χ3n) is 2.09. The summed E-state index contributed by atoms with van der Waals surface area (Å²) in [4.78, 5) is 11.7. The Labute approximate surface area is 105 Å². The average molecular weight is 253 g/mol. The Bertz CT molecular complexity index is 524. The minimum Gasteiger partial charge on any atom is -0.399 e. The lowest BCUT2D eigenvalue weighted by Gasteiger charge is -2.03. The lowest BCUT2D eigenvalue weighted by atomic mass is 10.3. The number of hydrogen-bond acceptors (Lipinski definition) is 3. The maximum absolute atomic E-state index is 11.7. The molecule has 0 unspecified atom stereocenters. The van der Waals surface area contributed by atoms with Gasteiger partial charge in [-0.2, -0.15) is 5.10 Å². The number of amides is 1. The van der Waals surface area contributed by atoms with Gasteiger partial charge in [-0.1, -0.05) is 6.07 Å². The summed E-state index contributed by atoms with van der Waals surface area (Å²) in [5, 5.41) is 6.72. The molecule has 0 spiro atoms. The van der Waals surface area contributed by atoms with Gasteiger partial charge >= 0.3 is 0 Å². The fraction of sp³-hybridized carbons (Fsp3) is 0.0909. The molecule has 2 aromatic rings. The molecule has 0 saturated heterocycles. The lowest BCUT2D eigenvalue weighted by Crippen LogP contribution is -2.13. The molecule has 6 heteroatoms. The first-order chi connectivity index (χ1) is 7.65. The summed E-state index contributed by atoms with van der Waals surface area (Å²) in [7, 11) is 1.76. The number of hydrogen-bond donors (Lipinski definition) is 2. The Morgan fingerprint density at radius 3 is 2.76 bits per heavy atom. The second kappa shape index (κ2) is 5.36. The predicted molar refractivity (Wildman–Crippen MR) is 69.3 cm³/mol. The molecule has 0 bridgehead atoms. The summed E-state index contributed by atoms with van der Waals surface area (Å²) in [6, 6.07) is 8.67. The molecule has 1 amide bonds. The van der Waals surface area contributed by atoms with Crippen LogP contribution in [-0.2, 0) is 7.05 Å². The molecule has 1 aromatic heterocycles. The van der Waals surface area contributed by atoms with Crippen LogP contribution in [0.1, 0.15) is 10.5 Å². The summed E-state index contributed by atoms with van der Waals surface area (Å²) in [5.74, 6) is -0.244. The molecule has 17 heavy (non-hydrogen) atoms. The van der Waals surface area contributed by atoms with Crippen molar-refractivity contribution in [3.8, 4) is 0 Å². The van der Waals surface area contributed by atoms with Gasteiger partial charge in [-0.15, -0.1) is 12.4 Å². The Hall–Kier alpha value is -2.01. The zero-order valence-electron chi connectivity index (χ0n) is 9.25. The summed E-state index contributed by atoms with van der Waals surface area (Å²) in [6.45, 7) is 0. The topological polar surface area (TPSA) is 72.9 Å². The predicted octanol–water partition coefficient (Wildman–Crippen LogP) is 1.68. The van der Waals surface area contributed by atoms with E-state index < -0.39 is 0 Å². The van der Waals surface area contributed by atoms with E-state index in [1.807, 2.05) is 0 Å². The molecule has 0 fully saturated rings. The van der Waals surface area contributed by atoms with Crippen molar-refractivity contribution in [2.24, 2.45) is 7.05 Å². The van der Waals surface area contributed by atoms with Gasteiger partial charge in [0.25, 0.3) is 5.91 Å². The molecule has 0 saturated carbocycles. The van der Waals surface area contributed by atoms with Crippen LogP contribution in [0.15, 0.2) is 36.5 Å². The lowest BCUT2D eigenvalue weighted by molar-refractivity contribution is 0.102. The second-order valence-electron chi connectivity index (χ2n) is 3.45. The summed E-state index contributed by atoms with van der Waals surface area (Å²) >= 11 is 0. The number of carbonyl (C=O) groups is 1. The number of halogens is 1. The Balaban J connectivity index is 0.00000144. The monoisotopic (exact) mass is 252 g/mol. The van der Waals surface area contributed by atoms with Gasteiger partial charge in [0.1, 0.15) is 0 Å². The molecular weight excluding hydrogens is 240 g/mol. The van der Waals surface area contributed by atoms with Gasteiger partial charge in [0.05, 0.1) is 0 Å². The standard InChI is InChI=1S/C11H12N4O.ClH/c1-15-6-5-10(14-15)11(16)13-9-4-2-3-8(12)7-9;/h2-7H,12H2,1H3,(H,13,16);1H. The summed E-state index contributed by atoms with van der Waals surface area (Å²) in [6.07, 6.45) is 1.72. The Kier molecular flexibility index (Phi) is 4.12. The third-order valence-corrected chi connectivity index (χ3v) is 2.09. The van der Waals surface area contributed by atoms with Gasteiger partial charge in [-0.05, 0) is 24.3 Å². The number of benzene rings is 1. The molecule has 2 rings (SSSR count). The van der Waals surface area contributed by atoms with Crippen LogP contribution in [0.2, 0.25) is 0 Å². The number of nitrogens with zero attached hydrogens (tertiary/aromatic N) is 2. The third kappa shape index (κ3) is 3.22. The minimum absolute atomic E-state index is 0. The molecule has 90 valence electrons.